The SMILES string of the molecule is CCCC(C)C(NCC)c1cc(OC)c(OC)cc1OC. The molecule has 1 rings (SSSR count). The van der Waals surface area contributed by atoms with Gasteiger partial charge in [-0.1, -0.05) is 27.2 Å². The molecule has 0 saturated carbocycles. The van der Waals surface area contributed by atoms with E-state index < -0.39 is 0 Å². The lowest BCUT2D eigenvalue weighted by molar-refractivity contribution is 0.329. The van der Waals surface area contributed by atoms with Crippen molar-refractivity contribution in [2.45, 2.75) is 39.7 Å². The van der Waals surface area contributed by atoms with Gasteiger partial charge in [0.1, 0.15) is 5.75 Å². The van der Waals surface area contributed by atoms with Gasteiger partial charge in [-0.3, -0.25) is 0 Å². The molecule has 0 heterocycles. The molecule has 4 nitrogen and oxygen atoms in total. The number of ether oxygens (including phenoxy) is 3. The van der Waals surface area contributed by atoms with E-state index in [0.29, 0.717) is 11.7 Å². The first kappa shape index (κ1) is 17.6. The van der Waals surface area contributed by atoms with E-state index in [2.05, 4.69) is 26.1 Å². The van der Waals surface area contributed by atoms with Gasteiger partial charge in [-0.15, -0.1) is 0 Å². The van der Waals surface area contributed by atoms with E-state index in [-0.39, 0.29) is 6.04 Å². The molecule has 2 unspecified atom stereocenters. The van der Waals surface area contributed by atoms with Crippen LogP contribution in [-0.4, -0.2) is 27.9 Å². The second-order valence-electron chi connectivity index (χ2n) is 5.25. The highest BCUT2D eigenvalue weighted by Gasteiger charge is 2.23. The van der Waals surface area contributed by atoms with Crippen LogP contribution >= 0.6 is 0 Å². The number of rotatable bonds is 9. The second kappa shape index (κ2) is 8.78. The fourth-order valence-electron chi connectivity index (χ4n) is 2.76. The van der Waals surface area contributed by atoms with Crippen LogP contribution in [0.4, 0.5) is 0 Å². The van der Waals surface area contributed by atoms with Crippen molar-refractivity contribution in [3.63, 3.8) is 0 Å². The molecule has 1 N–H and O–H groups in total. The van der Waals surface area contributed by atoms with Crippen LogP contribution < -0.4 is 19.5 Å². The molecule has 0 aliphatic heterocycles. The summed E-state index contributed by atoms with van der Waals surface area (Å²) < 4.78 is 16.4. The van der Waals surface area contributed by atoms with Crippen molar-refractivity contribution in [3.8, 4) is 17.2 Å². The number of methoxy groups -OCH3 is 3. The highest BCUT2D eigenvalue weighted by molar-refractivity contribution is 5.52. The van der Waals surface area contributed by atoms with E-state index in [1.165, 1.54) is 6.42 Å². The van der Waals surface area contributed by atoms with Crippen LogP contribution in [0.3, 0.4) is 0 Å². The molecule has 4 heteroatoms. The molecule has 0 spiro atoms. The molecule has 1 aromatic rings. The van der Waals surface area contributed by atoms with Crippen molar-refractivity contribution in [2.75, 3.05) is 27.9 Å². The van der Waals surface area contributed by atoms with E-state index >= 15 is 0 Å². The molecular formula is C17H29NO3. The zero-order valence-electron chi connectivity index (χ0n) is 14.2. The molecule has 0 amide bonds. The minimum atomic E-state index is 0.240. The van der Waals surface area contributed by atoms with Crippen molar-refractivity contribution >= 4 is 0 Å². The first-order chi connectivity index (χ1) is 10.1. The first-order valence-electron chi connectivity index (χ1n) is 7.66. The van der Waals surface area contributed by atoms with Crippen molar-refractivity contribution in [2.24, 2.45) is 5.92 Å². The molecule has 0 aromatic heterocycles. The summed E-state index contributed by atoms with van der Waals surface area (Å²) in [4.78, 5) is 0. The van der Waals surface area contributed by atoms with Crippen molar-refractivity contribution in [3.05, 3.63) is 17.7 Å². The highest BCUT2D eigenvalue weighted by atomic mass is 16.5. The molecule has 2 atom stereocenters. The Balaban J connectivity index is 3.27. The lowest BCUT2D eigenvalue weighted by atomic mass is 9.90. The Morgan fingerprint density at radius 2 is 1.52 bits per heavy atom. The molecule has 0 radical (unpaired) electrons. The summed E-state index contributed by atoms with van der Waals surface area (Å²) >= 11 is 0. The van der Waals surface area contributed by atoms with Crippen LogP contribution in [0.2, 0.25) is 0 Å². The predicted octanol–water partition coefficient (Wildman–Crippen LogP) is 3.80. The third kappa shape index (κ3) is 4.27. The number of hydrogen-bond donors (Lipinski definition) is 1. The summed E-state index contributed by atoms with van der Waals surface area (Å²) in [5.74, 6) is 2.78. The molecule has 0 aliphatic carbocycles. The van der Waals surface area contributed by atoms with Gasteiger partial charge < -0.3 is 19.5 Å². The fourth-order valence-corrected chi connectivity index (χ4v) is 2.76. The Hall–Kier alpha value is -1.42. The van der Waals surface area contributed by atoms with Crippen molar-refractivity contribution in [1.82, 2.24) is 5.32 Å². The van der Waals surface area contributed by atoms with Crippen molar-refractivity contribution < 1.29 is 14.2 Å². The van der Waals surface area contributed by atoms with E-state index in [1.54, 1.807) is 21.3 Å². The number of nitrogens with one attached hydrogen (secondary N) is 1. The molecule has 21 heavy (non-hydrogen) atoms. The minimum absolute atomic E-state index is 0.240. The van der Waals surface area contributed by atoms with Gasteiger partial charge in [-0.2, -0.15) is 0 Å². The monoisotopic (exact) mass is 295 g/mol. The predicted molar refractivity (Wildman–Crippen MR) is 86.6 cm³/mol. The second-order valence-corrected chi connectivity index (χ2v) is 5.25. The fraction of sp³-hybridized carbons (Fsp3) is 0.647. The maximum atomic E-state index is 5.57. The van der Waals surface area contributed by atoms with Crippen LogP contribution in [0, 0.1) is 5.92 Å². The molecule has 0 aliphatic rings. The molecule has 1 aromatic carbocycles. The standard InChI is InChI=1S/C17H29NO3/c1-7-9-12(3)17(18-8-2)13-10-15(20-5)16(21-6)11-14(13)19-4/h10-12,17-18H,7-9H2,1-6H3. The van der Waals surface area contributed by atoms with E-state index in [0.717, 1.165) is 30.0 Å². The zero-order valence-corrected chi connectivity index (χ0v) is 14.2. The Bertz CT molecular complexity index is 434. The number of benzene rings is 1. The summed E-state index contributed by atoms with van der Waals surface area (Å²) in [7, 11) is 4.99. The summed E-state index contributed by atoms with van der Waals surface area (Å²) in [6.45, 7) is 7.52. The summed E-state index contributed by atoms with van der Waals surface area (Å²) in [5.41, 5.74) is 1.12. The molecular weight excluding hydrogens is 266 g/mol. The lowest BCUT2D eigenvalue weighted by Gasteiger charge is -2.27. The minimum Gasteiger partial charge on any atom is -0.496 e. The maximum Gasteiger partial charge on any atom is 0.164 e. The van der Waals surface area contributed by atoms with Crippen LogP contribution in [0.25, 0.3) is 0 Å². The summed E-state index contributed by atoms with van der Waals surface area (Å²) in [6, 6.07) is 4.17. The largest absolute Gasteiger partial charge is 0.496 e. The Morgan fingerprint density at radius 1 is 0.952 bits per heavy atom. The Morgan fingerprint density at radius 3 is 2.00 bits per heavy atom. The average molecular weight is 295 g/mol. The van der Waals surface area contributed by atoms with Crippen LogP contribution in [-0.2, 0) is 0 Å². The molecule has 0 fully saturated rings. The van der Waals surface area contributed by atoms with Gasteiger partial charge in [-0.25, -0.2) is 0 Å². The summed E-state index contributed by atoms with van der Waals surface area (Å²) in [5, 5.41) is 3.57. The van der Waals surface area contributed by atoms with Crippen LogP contribution in [0.15, 0.2) is 12.1 Å². The third-order valence-corrected chi connectivity index (χ3v) is 3.81. The van der Waals surface area contributed by atoms with E-state index in [4.69, 9.17) is 14.2 Å². The van der Waals surface area contributed by atoms with Crippen molar-refractivity contribution in [1.29, 1.82) is 0 Å². The van der Waals surface area contributed by atoms with Gasteiger partial charge in [0.25, 0.3) is 0 Å². The average Bonchev–Trinajstić information content (AvgIpc) is 2.51. The molecule has 0 saturated heterocycles. The van der Waals surface area contributed by atoms with Gasteiger partial charge in [-0.05, 0) is 24.9 Å². The van der Waals surface area contributed by atoms with Gasteiger partial charge >= 0.3 is 0 Å². The normalized spacial score (nSPS) is 13.6. The number of hydrogen-bond acceptors (Lipinski definition) is 4. The lowest BCUT2D eigenvalue weighted by Crippen LogP contribution is -2.27. The molecule has 0 bridgehead atoms. The molecule has 120 valence electrons. The van der Waals surface area contributed by atoms with E-state index in [1.807, 2.05) is 12.1 Å². The summed E-state index contributed by atoms with van der Waals surface area (Å²) in [6.07, 6.45) is 2.33. The maximum absolute atomic E-state index is 5.57. The van der Waals surface area contributed by atoms with Gasteiger partial charge in [0.15, 0.2) is 11.5 Å². The van der Waals surface area contributed by atoms with Gasteiger partial charge in [0.05, 0.1) is 21.3 Å². The van der Waals surface area contributed by atoms with Crippen LogP contribution in [0.1, 0.15) is 45.2 Å². The zero-order chi connectivity index (χ0) is 15.8. The topological polar surface area (TPSA) is 39.7 Å². The van der Waals surface area contributed by atoms with Crippen LogP contribution in [0.5, 0.6) is 17.2 Å². The first-order valence-corrected chi connectivity index (χ1v) is 7.66. The Labute approximate surface area is 128 Å². The van der Waals surface area contributed by atoms with Gasteiger partial charge in [0, 0.05) is 17.7 Å². The van der Waals surface area contributed by atoms with Gasteiger partial charge in [0.2, 0.25) is 0 Å². The smallest absolute Gasteiger partial charge is 0.164 e. The highest BCUT2D eigenvalue weighted by Crippen LogP contribution is 2.40. The third-order valence-electron chi connectivity index (χ3n) is 3.81. The quantitative estimate of drug-likeness (QED) is 0.752. The Kier molecular flexibility index (Phi) is 7.37. The van der Waals surface area contributed by atoms with E-state index in [9.17, 15) is 0 Å².